The Morgan fingerprint density at radius 3 is 2.42 bits per heavy atom. The van der Waals surface area contributed by atoms with Crippen molar-refractivity contribution in [2.24, 2.45) is 0 Å². The van der Waals surface area contributed by atoms with Crippen LogP contribution >= 0.6 is 11.6 Å². The minimum atomic E-state index is -0.0113. The van der Waals surface area contributed by atoms with Crippen molar-refractivity contribution in [1.82, 2.24) is 19.9 Å². The van der Waals surface area contributed by atoms with Crippen molar-refractivity contribution in [2.75, 3.05) is 44.9 Å². The van der Waals surface area contributed by atoms with Crippen molar-refractivity contribution in [3.8, 4) is 5.75 Å². The summed E-state index contributed by atoms with van der Waals surface area (Å²) in [6, 6.07) is 7.30. The summed E-state index contributed by atoms with van der Waals surface area (Å²) in [7, 11) is 5.73. The molecule has 1 atom stereocenters. The van der Waals surface area contributed by atoms with Gasteiger partial charge in [-0.2, -0.15) is 15.0 Å². The largest absolute Gasteiger partial charge is 0.492 e. The van der Waals surface area contributed by atoms with Crippen molar-refractivity contribution < 1.29 is 4.74 Å². The van der Waals surface area contributed by atoms with Crippen LogP contribution in [0.25, 0.3) is 0 Å². The summed E-state index contributed by atoms with van der Waals surface area (Å²) in [5.41, 5.74) is 5.78. The van der Waals surface area contributed by atoms with Gasteiger partial charge in [-0.3, -0.25) is 4.90 Å². The van der Waals surface area contributed by atoms with E-state index in [1.807, 2.05) is 40.2 Å². The van der Waals surface area contributed by atoms with E-state index in [-0.39, 0.29) is 12.0 Å². The van der Waals surface area contributed by atoms with Gasteiger partial charge >= 0.3 is 0 Å². The fourth-order valence-corrected chi connectivity index (χ4v) is 2.14. The molecule has 0 amide bonds. The highest BCUT2D eigenvalue weighted by Crippen LogP contribution is 2.18. The van der Waals surface area contributed by atoms with Gasteiger partial charge in [0.15, 0.2) is 5.82 Å². The second kappa shape index (κ2) is 8.12. The van der Waals surface area contributed by atoms with Gasteiger partial charge in [0.05, 0.1) is 6.04 Å². The number of aromatic nitrogens is 3. The number of nitrogen functional groups attached to an aromatic ring is 1. The van der Waals surface area contributed by atoms with Gasteiger partial charge in [-0.1, -0.05) is 11.6 Å². The van der Waals surface area contributed by atoms with E-state index in [0.717, 1.165) is 5.75 Å². The van der Waals surface area contributed by atoms with Crippen molar-refractivity contribution in [2.45, 2.75) is 13.0 Å². The Hall–Kier alpha value is -2.12. The lowest BCUT2D eigenvalue weighted by atomic mass is 10.3. The molecular weight excluding hydrogens is 328 g/mol. The highest BCUT2D eigenvalue weighted by atomic mass is 35.5. The molecule has 2 N–H and O–H groups in total. The highest BCUT2D eigenvalue weighted by Gasteiger charge is 2.17. The molecule has 24 heavy (non-hydrogen) atoms. The molecule has 7 nitrogen and oxygen atoms in total. The minimum absolute atomic E-state index is 0.0113. The second-order valence-corrected chi connectivity index (χ2v) is 6.14. The Morgan fingerprint density at radius 1 is 1.12 bits per heavy atom. The molecule has 1 aromatic heterocycles. The van der Waals surface area contributed by atoms with Crippen LogP contribution in [-0.4, -0.2) is 54.1 Å². The summed E-state index contributed by atoms with van der Waals surface area (Å²) < 4.78 is 5.72. The number of hydrogen-bond acceptors (Lipinski definition) is 7. The first-order chi connectivity index (χ1) is 11.4. The number of nitrogens with zero attached hydrogens (tertiary/aromatic N) is 5. The predicted molar refractivity (Wildman–Crippen MR) is 96.6 cm³/mol. The molecule has 0 saturated carbocycles. The number of anilines is 2. The van der Waals surface area contributed by atoms with Gasteiger partial charge < -0.3 is 15.4 Å². The highest BCUT2D eigenvalue weighted by molar-refractivity contribution is 6.30. The molecule has 0 fully saturated rings. The first kappa shape index (κ1) is 18.2. The van der Waals surface area contributed by atoms with Crippen molar-refractivity contribution in [3.63, 3.8) is 0 Å². The lowest BCUT2D eigenvalue weighted by Gasteiger charge is -2.24. The van der Waals surface area contributed by atoms with E-state index in [1.165, 1.54) is 0 Å². The zero-order valence-corrected chi connectivity index (χ0v) is 15.2. The van der Waals surface area contributed by atoms with E-state index in [4.69, 9.17) is 22.1 Å². The van der Waals surface area contributed by atoms with E-state index >= 15 is 0 Å². The van der Waals surface area contributed by atoms with Gasteiger partial charge in [0, 0.05) is 25.7 Å². The number of likely N-dealkylation sites (N-methyl/N-ethyl adjacent to an activating group) is 1. The molecule has 0 aliphatic heterocycles. The second-order valence-electron chi connectivity index (χ2n) is 5.71. The topological polar surface area (TPSA) is 80.4 Å². The third-order valence-electron chi connectivity index (χ3n) is 3.62. The lowest BCUT2D eigenvalue weighted by molar-refractivity contribution is 0.196. The Morgan fingerprint density at radius 2 is 1.79 bits per heavy atom. The number of rotatable bonds is 7. The quantitative estimate of drug-likeness (QED) is 0.820. The van der Waals surface area contributed by atoms with Gasteiger partial charge in [0.25, 0.3) is 0 Å². The maximum Gasteiger partial charge on any atom is 0.229 e. The Kier molecular flexibility index (Phi) is 6.16. The molecule has 0 radical (unpaired) electrons. The monoisotopic (exact) mass is 350 g/mol. The standard InChI is InChI=1S/C16H23ClN6O/c1-11(14-19-15(18)21-16(20-14)22(2)3)23(4)9-10-24-13-7-5-12(17)6-8-13/h5-8,11H,9-10H2,1-4H3,(H2,18,19,20,21). The van der Waals surface area contributed by atoms with Crippen LogP contribution in [0.3, 0.4) is 0 Å². The maximum atomic E-state index is 5.86. The molecular formula is C16H23ClN6O. The maximum absolute atomic E-state index is 5.86. The van der Waals surface area contributed by atoms with Crippen LogP contribution in [0.1, 0.15) is 18.8 Å². The van der Waals surface area contributed by atoms with E-state index in [9.17, 15) is 0 Å². The molecule has 2 aromatic rings. The van der Waals surface area contributed by atoms with Crippen LogP contribution in [0.4, 0.5) is 11.9 Å². The Balaban J connectivity index is 1.94. The molecule has 1 aromatic carbocycles. The average molecular weight is 351 g/mol. The first-order valence-electron chi connectivity index (χ1n) is 7.64. The normalized spacial score (nSPS) is 12.2. The summed E-state index contributed by atoms with van der Waals surface area (Å²) in [5.74, 6) is 2.21. The first-order valence-corrected chi connectivity index (χ1v) is 8.02. The Bertz CT molecular complexity index is 664. The number of halogens is 1. The van der Waals surface area contributed by atoms with Crippen LogP contribution in [0.5, 0.6) is 5.75 Å². The SMILES string of the molecule is CC(c1nc(N)nc(N(C)C)n1)N(C)CCOc1ccc(Cl)cc1. The third kappa shape index (κ3) is 4.94. The van der Waals surface area contributed by atoms with Crippen molar-refractivity contribution >= 4 is 23.5 Å². The molecule has 0 aliphatic carbocycles. The Labute approximate surface area is 147 Å². The van der Waals surface area contributed by atoms with Gasteiger partial charge in [-0.05, 0) is 38.2 Å². The smallest absolute Gasteiger partial charge is 0.229 e. The average Bonchev–Trinajstić information content (AvgIpc) is 2.55. The van der Waals surface area contributed by atoms with E-state index in [2.05, 4.69) is 19.9 Å². The zero-order chi connectivity index (χ0) is 17.7. The number of benzene rings is 1. The van der Waals surface area contributed by atoms with Crippen LogP contribution in [0.15, 0.2) is 24.3 Å². The number of hydrogen-bond donors (Lipinski definition) is 1. The summed E-state index contributed by atoms with van der Waals surface area (Å²) in [6.07, 6.45) is 0. The lowest BCUT2D eigenvalue weighted by Crippen LogP contribution is -2.29. The molecule has 8 heteroatoms. The molecule has 0 aliphatic rings. The van der Waals surface area contributed by atoms with Gasteiger partial charge in [-0.25, -0.2) is 0 Å². The minimum Gasteiger partial charge on any atom is -0.492 e. The van der Waals surface area contributed by atoms with Crippen molar-refractivity contribution in [1.29, 1.82) is 0 Å². The molecule has 0 saturated heterocycles. The fraction of sp³-hybridized carbons (Fsp3) is 0.438. The molecule has 1 unspecified atom stereocenters. The molecule has 2 rings (SSSR count). The van der Waals surface area contributed by atoms with Gasteiger partial charge in [0.2, 0.25) is 11.9 Å². The van der Waals surface area contributed by atoms with E-state index in [0.29, 0.717) is 29.9 Å². The molecule has 0 spiro atoms. The third-order valence-corrected chi connectivity index (χ3v) is 3.87. The van der Waals surface area contributed by atoms with E-state index in [1.54, 1.807) is 17.0 Å². The summed E-state index contributed by atoms with van der Waals surface area (Å²) in [5, 5.41) is 0.692. The summed E-state index contributed by atoms with van der Waals surface area (Å²) in [4.78, 5) is 16.7. The summed E-state index contributed by atoms with van der Waals surface area (Å²) in [6.45, 7) is 3.28. The molecule has 130 valence electrons. The molecule has 0 bridgehead atoms. The van der Waals surface area contributed by atoms with Crippen LogP contribution in [0.2, 0.25) is 5.02 Å². The van der Waals surface area contributed by atoms with Crippen LogP contribution in [0, 0.1) is 0 Å². The van der Waals surface area contributed by atoms with E-state index < -0.39 is 0 Å². The van der Waals surface area contributed by atoms with Crippen LogP contribution < -0.4 is 15.4 Å². The van der Waals surface area contributed by atoms with Gasteiger partial charge in [0.1, 0.15) is 12.4 Å². The predicted octanol–water partition coefficient (Wildman–Crippen LogP) is 2.25. The van der Waals surface area contributed by atoms with Gasteiger partial charge in [-0.15, -0.1) is 0 Å². The summed E-state index contributed by atoms with van der Waals surface area (Å²) >= 11 is 5.86. The fourth-order valence-electron chi connectivity index (χ4n) is 2.01. The zero-order valence-electron chi connectivity index (χ0n) is 14.4. The van der Waals surface area contributed by atoms with Crippen molar-refractivity contribution in [3.05, 3.63) is 35.1 Å². The van der Waals surface area contributed by atoms with Crippen LogP contribution in [-0.2, 0) is 0 Å². The number of nitrogens with two attached hydrogens (primary N) is 1. The number of ether oxygens (including phenoxy) is 1. The molecule has 1 heterocycles.